The van der Waals surface area contributed by atoms with Gasteiger partial charge in [0.15, 0.2) is 0 Å². The fourth-order valence-electron chi connectivity index (χ4n) is 1.68. The van der Waals surface area contributed by atoms with Gasteiger partial charge in [-0.15, -0.1) is 0 Å². The van der Waals surface area contributed by atoms with Crippen LogP contribution in [0.5, 0.6) is 0 Å². The Morgan fingerprint density at radius 3 is 2.82 bits per heavy atom. The lowest BCUT2D eigenvalue weighted by Crippen LogP contribution is -2.28. The summed E-state index contributed by atoms with van der Waals surface area (Å²) < 4.78 is 5.38. The first-order chi connectivity index (χ1) is 8.31. The molecule has 1 heterocycles. The second-order valence-electron chi connectivity index (χ2n) is 3.79. The molecule has 1 N–H and O–H groups in total. The predicted octanol–water partition coefficient (Wildman–Crippen LogP) is 1.66. The van der Waals surface area contributed by atoms with E-state index in [4.69, 9.17) is 4.74 Å². The third-order valence-electron chi connectivity index (χ3n) is 2.57. The van der Waals surface area contributed by atoms with E-state index in [0.29, 0.717) is 0 Å². The highest BCUT2D eigenvalue weighted by molar-refractivity contribution is 5.39. The van der Waals surface area contributed by atoms with Crippen molar-refractivity contribution in [3.8, 4) is 0 Å². The van der Waals surface area contributed by atoms with Gasteiger partial charge in [0.1, 0.15) is 5.82 Å². The van der Waals surface area contributed by atoms with Crippen LogP contribution in [-0.4, -0.2) is 38.3 Å². The quantitative estimate of drug-likeness (QED) is 0.698. The highest BCUT2D eigenvalue weighted by Crippen LogP contribution is 2.11. The largest absolute Gasteiger partial charge is 0.380 e. The lowest BCUT2D eigenvalue weighted by atomic mass is 10.3. The van der Waals surface area contributed by atoms with Crippen LogP contribution in [0.1, 0.15) is 19.5 Å². The molecule has 17 heavy (non-hydrogen) atoms. The van der Waals surface area contributed by atoms with E-state index in [9.17, 15) is 0 Å². The van der Waals surface area contributed by atoms with Crippen molar-refractivity contribution in [2.75, 3.05) is 38.3 Å². The molecule has 0 aliphatic heterocycles. The molecule has 0 saturated carbocycles. The Morgan fingerprint density at radius 1 is 1.35 bits per heavy atom. The second kappa shape index (κ2) is 8.03. The molecule has 0 amide bonds. The molecule has 4 heteroatoms. The minimum Gasteiger partial charge on any atom is -0.380 e. The van der Waals surface area contributed by atoms with Gasteiger partial charge in [-0.25, -0.2) is 4.98 Å². The summed E-state index contributed by atoms with van der Waals surface area (Å²) in [5.41, 5.74) is 1.07. The van der Waals surface area contributed by atoms with Crippen molar-refractivity contribution in [3.63, 3.8) is 0 Å². The monoisotopic (exact) mass is 237 g/mol. The Balaban J connectivity index is 2.63. The van der Waals surface area contributed by atoms with Crippen molar-refractivity contribution >= 4 is 5.82 Å². The summed E-state index contributed by atoms with van der Waals surface area (Å²) in [6, 6.07) is 6.14. The first kappa shape index (κ1) is 13.9. The number of aromatic nitrogens is 1. The van der Waals surface area contributed by atoms with Crippen LogP contribution >= 0.6 is 0 Å². The fraction of sp³-hybridized carbons (Fsp3) is 0.615. The van der Waals surface area contributed by atoms with Gasteiger partial charge >= 0.3 is 0 Å². The molecule has 0 aliphatic rings. The van der Waals surface area contributed by atoms with Crippen molar-refractivity contribution in [1.82, 2.24) is 10.3 Å². The summed E-state index contributed by atoms with van der Waals surface area (Å²) in [6.07, 6.45) is 0. The lowest BCUT2D eigenvalue weighted by Gasteiger charge is -2.22. The highest BCUT2D eigenvalue weighted by Gasteiger charge is 2.05. The van der Waals surface area contributed by atoms with Crippen LogP contribution < -0.4 is 10.2 Å². The molecule has 0 aromatic carbocycles. The summed E-state index contributed by atoms with van der Waals surface area (Å²) in [6.45, 7) is 8.31. The van der Waals surface area contributed by atoms with E-state index in [1.165, 1.54) is 0 Å². The Labute approximate surface area is 104 Å². The van der Waals surface area contributed by atoms with E-state index >= 15 is 0 Å². The normalized spacial score (nSPS) is 10.5. The average molecular weight is 237 g/mol. The fourth-order valence-corrected chi connectivity index (χ4v) is 1.68. The summed E-state index contributed by atoms with van der Waals surface area (Å²) in [5.74, 6) is 1.03. The third-order valence-corrected chi connectivity index (χ3v) is 2.57. The highest BCUT2D eigenvalue weighted by atomic mass is 16.5. The maximum atomic E-state index is 5.38. The molecule has 0 unspecified atom stereocenters. The van der Waals surface area contributed by atoms with Crippen LogP contribution in [0.3, 0.4) is 0 Å². The van der Waals surface area contributed by atoms with E-state index in [0.717, 1.165) is 44.4 Å². The first-order valence-corrected chi connectivity index (χ1v) is 6.25. The Morgan fingerprint density at radius 2 is 2.18 bits per heavy atom. The molecular formula is C13H23N3O. The maximum absolute atomic E-state index is 5.38. The molecule has 1 rings (SSSR count). The Hall–Kier alpha value is -1.13. The van der Waals surface area contributed by atoms with Crippen molar-refractivity contribution in [1.29, 1.82) is 0 Å². The number of anilines is 1. The van der Waals surface area contributed by atoms with Gasteiger partial charge in [-0.3, -0.25) is 0 Å². The molecule has 0 bridgehead atoms. The standard InChI is InChI=1S/C13H23N3O/c1-4-16(9-10-17-5-2)13-8-6-7-12(15-13)11-14-3/h6-8,14H,4-5,9-11H2,1-3H3. The summed E-state index contributed by atoms with van der Waals surface area (Å²) in [5, 5.41) is 3.11. The summed E-state index contributed by atoms with van der Waals surface area (Å²) in [7, 11) is 1.93. The van der Waals surface area contributed by atoms with E-state index < -0.39 is 0 Å². The van der Waals surface area contributed by atoms with Crippen LogP contribution in [0.25, 0.3) is 0 Å². The number of rotatable bonds is 8. The van der Waals surface area contributed by atoms with Crippen molar-refractivity contribution in [2.24, 2.45) is 0 Å². The van der Waals surface area contributed by atoms with E-state index in [1.54, 1.807) is 0 Å². The molecule has 96 valence electrons. The van der Waals surface area contributed by atoms with Gasteiger partial charge in [0, 0.05) is 26.2 Å². The molecule has 0 spiro atoms. The number of hydrogen-bond donors (Lipinski definition) is 1. The minimum absolute atomic E-state index is 0.752. The van der Waals surface area contributed by atoms with Crippen LogP contribution in [0.4, 0.5) is 5.82 Å². The van der Waals surface area contributed by atoms with Crippen molar-refractivity contribution < 1.29 is 4.74 Å². The number of likely N-dealkylation sites (N-methyl/N-ethyl adjacent to an activating group) is 1. The van der Waals surface area contributed by atoms with Gasteiger partial charge < -0.3 is 15.0 Å². The van der Waals surface area contributed by atoms with Gasteiger partial charge in [-0.1, -0.05) is 6.07 Å². The predicted molar refractivity (Wildman–Crippen MR) is 71.4 cm³/mol. The maximum Gasteiger partial charge on any atom is 0.128 e. The zero-order chi connectivity index (χ0) is 12.5. The topological polar surface area (TPSA) is 37.4 Å². The van der Waals surface area contributed by atoms with Gasteiger partial charge in [-0.2, -0.15) is 0 Å². The summed E-state index contributed by atoms with van der Waals surface area (Å²) in [4.78, 5) is 6.85. The number of pyridine rings is 1. The molecular weight excluding hydrogens is 214 g/mol. The summed E-state index contributed by atoms with van der Waals surface area (Å²) >= 11 is 0. The smallest absolute Gasteiger partial charge is 0.128 e. The van der Waals surface area contributed by atoms with Gasteiger partial charge in [0.05, 0.1) is 12.3 Å². The molecule has 4 nitrogen and oxygen atoms in total. The Kier molecular flexibility index (Phi) is 6.58. The third kappa shape index (κ3) is 4.71. The van der Waals surface area contributed by atoms with E-state index in [2.05, 4.69) is 34.3 Å². The molecule has 0 aliphatic carbocycles. The number of hydrogen-bond acceptors (Lipinski definition) is 4. The van der Waals surface area contributed by atoms with Gasteiger partial charge in [0.2, 0.25) is 0 Å². The minimum atomic E-state index is 0.752. The molecule has 0 fully saturated rings. The molecule has 1 aromatic rings. The SMILES string of the molecule is CCOCCN(CC)c1cccc(CNC)n1. The number of nitrogens with zero attached hydrogens (tertiary/aromatic N) is 2. The lowest BCUT2D eigenvalue weighted by molar-refractivity contribution is 0.154. The van der Waals surface area contributed by atoms with E-state index in [-0.39, 0.29) is 0 Å². The molecule has 0 atom stereocenters. The van der Waals surface area contributed by atoms with Crippen molar-refractivity contribution in [3.05, 3.63) is 23.9 Å². The van der Waals surface area contributed by atoms with Crippen LogP contribution in [-0.2, 0) is 11.3 Å². The number of ether oxygens (including phenoxy) is 1. The molecule has 1 aromatic heterocycles. The van der Waals surface area contributed by atoms with Crippen LogP contribution in [0, 0.1) is 0 Å². The van der Waals surface area contributed by atoms with Crippen LogP contribution in [0.15, 0.2) is 18.2 Å². The first-order valence-electron chi connectivity index (χ1n) is 6.25. The van der Waals surface area contributed by atoms with Gasteiger partial charge in [-0.05, 0) is 33.0 Å². The van der Waals surface area contributed by atoms with E-state index in [1.807, 2.05) is 20.0 Å². The molecule has 0 radical (unpaired) electrons. The Bertz CT molecular complexity index is 317. The molecule has 0 saturated heterocycles. The van der Waals surface area contributed by atoms with Crippen LogP contribution in [0.2, 0.25) is 0 Å². The second-order valence-corrected chi connectivity index (χ2v) is 3.79. The average Bonchev–Trinajstić information content (AvgIpc) is 2.35. The van der Waals surface area contributed by atoms with Gasteiger partial charge in [0.25, 0.3) is 0 Å². The number of nitrogens with one attached hydrogen (secondary N) is 1. The van der Waals surface area contributed by atoms with Crippen molar-refractivity contribution in [2.45, 2.75) is 20.4 Å². The zero-order valence-corrected chi connectivity index (χ0v) is 11.1. The zero-order valence-electron chi connectivity index (χ0n) is 11.1.